The van der Waals surface area contributed by atoms with Crippen LogP contribution in [0.2, 0.25) is 0 Å². The van der Waals surface area contributed by atoms with E-state index in [1.807, 2.05) is 12.1 Å². The summed E-state index contributed by atoms with van der Waals surface area (Å²) < 4.78 is 10.8. The summed E-state index contributed by atoms with van der Waals surface area (Å²) in [6, 6.07) is 16.7. The molecule has 0 aromatic heterocycles. The molecule has 7 N–H and O–H groups in total. The van der Waals surface area contributed by atoms with Gasteiger partial charge in [-0.05, 0) is 49.4 Å². The Labute approximate surface area is 204 Å². The fourth-order valence-electron chi connectivity index (χ4n) is 3.96. The van der Waals surface area contributed by atoms with E-state index >= 15 is 0 Å². The normalized spacial score (nSPS) is 16.5. The lowest BCUT2D eigenvalue weighted by Crippen LogP contribution is -2.62. The van der Waals surface area contributed by atoms with Crippen molar-refractivity contribution in [2.45, 2.75) is 44.1 Å². The van der Waals surface area contributed by atoms with Gasteiger partial charge in [-0.15, -0.1) is 5.10 Å². The molecule has 1 fully saturated rings. The first-order valence-corrected chi connectivity index (χ1v) is 11.6. The van der Waals surface area contributed by atoms with Gasteiger partial charge in [0.05, 0.1) is 6.04 Å². The van der Waals surface area contributed by atoms with Crippen LogP contribution in [0.25, 0.3) is 0 Å². The number of nitrogens with zero attached hydrogens (tertiary/aromatic N) is 1. The van der Waals surface area contributed by atoms with Gasteiger partial charge in [0.2, 0.25) is 5.96 Å². The number of benzene rings is 2. The molecule has 10 heteroatoms. The Bertz CT molecular complexity index is 921. The fourth-order valence-corrected chi connectivity index (χ4v) is 3.96. The highest BCUT2D eigenvalue weighted by atomic mass is 16.6. The van der Waals surface area contributed by atoms with Crippen LogP contribution in [0.5, 0.6) is 0 Å². The Kier molecular flexibility index (Phi) is 9.45. The van der Waals surface area contributed by atoms with E-state index in [1.165, 1.54) is 0 Å². The topological polar surface area (TPSA) is 161 Å². The molecular weight excluding hydrogens is 450 g/mol. The van der Waals surface area contributed by atoms with Crippen LogP contribution in [-0.4, -0.2) is 47.7 Å². The third-order valence-electron chi connectivity index (χ3n) is 5.87. The molecule has 2 aromatic carbocycles. The maximum atomic E-state index is 13.3. The molecule has 1 heterocycles. The SMILES string of the molecule is NC(N)=NN[C@@H](CC1CCCNC1)C(O)(C(=O)OCc1ccccc1)C(=O)OCc1ccccc1. The minimum atomic E-state index is -2.69. The standard InChI is InChI=1S/C25H33N5O5/c26-24(27)30-29-21(14-20-12-7-13-28-15-20)25(33,22(31)34-16-18-8-3-1-4-9-18)23(32)35-17-19-10-5-2-6-11-19/h1-6,8-11,20-21,28-29,33H,7,12-17H2,(H4,26,27,30)/t20?,21-/m0/s1. The molecule has 35 heavy (non-hydrogen) atoms. The maximum Gasteiger partial charge on any atom is 0.352 e. The van der Waals surface area contributed by atoms with E-state index in [4.69, 9.17) is 20.9 Å². The molecule has 0 bridgehead atoms. The number of carbonyl (C=O) groups excluding carboxylic acids is 2. The fraction of sp³-hybridized carbons (Fsp3) is 0.400. The summed E-state index contributed by atoms with van der Waals surface area (Å²) in [6.07, 6.45) is 2.00. The van der Waals surface area contributed by atoms with Crippen molar-refractivity contribution in [3.63, 3.8) is 0 Å². The third kappa shape index (κ3) is 7.43. The number of piperidine rings is 1. The van der Waals surface area contributed by atoms with Crippen molar-refractivity contribution in [1.82, 2.24) is 10.7 Å². The number of ether oxygens (including phenoxy) is 2. The molecule has 0 spiro atoms. The van der Waals surface area contributed by atoms with Crippen LogP contribution in [-0.2, 0) is 32.3 Å². The quantitative estimate of drug-likeness (QED) is 0.102. The highest BCUT2D eigenvalue weighted by Crippen LogP contribution is 2.26. The summed E-state index contributed by atoms with van der Waals surface area (Å²) in [5.74, 6) is -2.54. The van der Waals surface area contributed by atoms with Gasteiger partial charge in [-0.25, -0.2) is 9.59 Å². The molecule has 0 saturated carbocycles. The minimum absolute atomic E-state index is 0.0609. The molecule has 1 saturated heterocycles. The molecule has 10 nitrogen and oxygen atoms in total. The summed E-state index contributed by atoms with van der Waals surface area (Å²) in [4.78, 5) is 26.6. The molecule has 3 rings (SSSR count). The van der Waals surface area contributed by atoms with E-state index < -0.39 is 23.6 Å². The Morgan fingerprint density at radius 2 is 1.57 bits per heavy atom. The second kappa shape index (κ2) is 12.7. The number of esters is 2. The van der Waals surface area contributed by atoms with Gasteiger partial charge in [0.1, 0.15) is 13.2 Å². The number of rotatable bonds is 11. The van der Waals surface area contributed by atoms with Gasteiger partial charge >= 0.3 is 11.9 Å². The first-order chi connectivity index (χ1) is 16.9. The zero-order valence-electron chi connectivity index (χ0n) is 19.6. The molecule has 0 amide bonds. The second-order valence-corrected chi connectivity index (χ2v) is 8.56. The van der Waals surface area contributed by atoms with Crippen molar-refractivity contribution >= 4 is 17.9 Å². The van der Waals surface area contributed by atoms with Crippen LogP contribution >= 0.6 is 0 Å². The van der Waals surface area contributed by atoms with E-state index in [0.29, 0.717) is 17.7 Å². The van der Waals surface area contributed by atoms with Crippen molar-refractivity contribution in [1.29, 1.82) is 0 Å². The molecular formula is C25H33N5O5. The molecule has 188 valence electrons. The van der Waals surface area contributed by atoms with Gasteiger partial charge in [-0.2, -0.15) is 0 Å². The van der Waals surface area contributed by atoms with Crippen molar-refractivity contribution in [2.24, 2.45) is 22.5 Å². The largest absolute Gasteiger partial charge is 0.458 e. The lowest BCUT2D eigenvalue weighted by atomic mass is 9.84. The van der Waals surface area contributed by atoms with Crippen molar-refractivity contribution in [3.05, 3.63) is 71.8 Å². The highest BCUT2D eigenvalue weighted by molar-refractivity contribution is 6.04. The maximum absolute atomic E-state index is 13.3. The number of hydrogen-bond acceptors (Lipinski definition) is 8. The number of nitrogens with one attached hydrogen (secondary N) is 2. The summed E-state index contributed by atoms with van der Waals surface area (Å²) in [7, 11) is 0. The van der Waals surface area contributed by atoms with Crippen molar-refractivity contribution < 1.29 is 24.2 Å². The lowest BCUT2D eigenvalue weighted by Gasteiger charge is -2.34. The third-order valence-corrected chi connectivity index (χ3v) is 5.87. The van der Waals surface area contributed by atoms with Crippen LogP contribution in [0.1, 0.15) is 30.4 Å². The number of aliphatic hydroxyl groups is 1. The van der Waals surface area contributed by atoms with E-state index in [2.05, 4.69) is 15.8 Å². The van der Waals surface area contributed by atoms with Gasteiger partial charge in [-0.3, -0.25) is 5.43 Å². The Hall–Kier alpha value is -3.63. The predicted molar refractivity (Wildman–Crippen MR) is 130 cm³/mol. The minimum Gasteiger partial charge on any atom is -0.458 e. The van der Waals surface area contributed by atoms with Crippen LogP contribution < -0.4 is 22.2 Å². The number of hydrazone groups is 1. The van der Waals surface area contributed by atoms with Gasteiger partial charge < -0.3 is 31.4 Å². The molecule has 1 aliphatic heterocycles. The molecule has 0 radical (unpaired) electrons. The summed E-state index contributed by atoms with van der Waals surface area (Å²) >= 11 is 0. The van der Waals surface area contributed by atoms with Gasteiger partial charge in [-0.1, -0.05) is 60.7 Å². The second-order valence-electron chi connectivity index (χ2n) is 8.56. The zero-order valence-corrected chi connectivity index (χ0v) is 19.6. The molecule has 2 atom stereocenters. The first-order valence-electron chi connectivity index (χ1n) is 11.6. The average Bonchev–Trinajstić information content (AvgIpc) is 2.89. The number of nitrogens with two attached hydrogens (primary N) is 2. The Morgan fingerprint density at radius 3 is 2.03 bits per heavy atom. The summed E-state index contributed by atoms with van der Waals surface area (Å²) in [5.41, 5.74) is 12.3. The van der Waals surface area contributed by atoms with Crippen LogP contribution in [0.15, 0.2) is 65.8 Å². The summed E-state index contributed by atoms with van der Waals surface area (Å²) in [6.45, 7) is 1.28. The number of hydrogen-bond donors (Lipinski definition) is 5. The number of guanidine groups is 1. The van der Waals surface area contributed by atoms with Crippen LogP contribution in [0, 0.1) is 5.92 Å². The van der Waals surface area contributed by atoms with E-state index in [1.54, 1.807) is 48.5 Å². The molecule has 2 aromatic rings. The monoisotopic (exact) mass is 483 g/mol. The molecule has 0 aliphatic carbocycles. The van der Waals surface area contributed by atoms with Gasteiger partial charge in [0, 0.05) is 0 Å². The van der Waals surface area contributed by atoms with E-state index in [-0.39, 0.29) is 31.5 Å². The predicted octanol–water partition coefficient (Wildman–Crippen LogP) is 0.741. The first kappa shape index (κ1) is 26.0. The van der Waals surface area contributed by atoms with Crippen molar-refractivity contribution in [2.75, 3.05) is 13.1 Å². The molecule has 1 aliphatic rings. The van der Waals surface area contributed by atoms with Crippen molar-refractivity contribution in [3.8, 4) is 0 Å². The lowest BCUT2D eigenvalue weighted by molar-refractivity contribution is -0.190. The van der Waals surface area contributed by atoms with Crippen LogP contribution in [0.4, 0.5) is 0 Å². The Balaban J connectivity index is 1.85. The van der Waals surface area contributed by atoms with Gasteiger partial charge in [0.15, 0.2) is 0 Å². The van der Waals surface area contributed by atoms with E-state index in [0.717, 1.165) is 19.4 Å². The van der Waals surface area contributed by atoms with Gasteiger partial charge in [0.25, 0.3) is 5.60 Å². The average molecular weight is 484 g/mol. The highest BCUT2D eigenvalue weighted by Gasteiger charge is 2.55. The van der Waals surface area contributed by atoms with E-state index in [9.17, 15) is 14.7 Å². The van der Waals surface area contributed by atoms with Crippen LogP contribution in [0.3, 0.4) is 0 Å². The zero-order chi connectivity index (χ0) is 25.1. The smallest absolute Gasteiger partial charge is 0.352 e. The number of carbonyl (C=O) groups is 2. The summed E-state index contributed by atoms with van der Waals surface area (Å²) in [5, 5.41) is 18.7. The molecule has 1 unspecified atom stereocenters. The Morgan fingerprint density at radius 1 is 1.03 bits per heavy atom.